The molecule has 0 spiro atoms. The second-order valence-corrected chi connectivity index (χ2v) is 10.5. The lowest BCUT2D eigenvalue weighted by Gasteiger charge is -2.26. The maximum Gasteiger partial charge on any atom is 0.324 e. The van der Waals surface area contributed by atoms with Crippen LogP contribution >= 0.6 is 15.9 Å². The van der Waals surface area contributed by atoms with Gasteiger partial charge in [0.1, 0.15) is 11.6 Å². The summed E-state index contributed by atoms with van der Waals surface area (Å²) in [5.41, 5.74) is 1.19. The van der Waals surface area contributed by atoms with Gasteiger partial charge in [0.15, 0.2) is 0 Å². The van der Waals surface area contributed by atoms with Crippen molar-refractivity contribution < 1.29 is 17.9 Å². The van der Waals surface area contributed by atoms with Gasteiger partial charge in [-0.05, 0) is 62.1 Å². The number of carbonyl (C=O) groups excluding carboxylic acids is 1. The molecule has 2 aromatic carbocycles. The Hall–Kier alpha value is -1.70. The van der Waals surface area contributed by atoms with Crippen LogP contribution in [-0.4, -0.2) is 26.0 Å². The van der Waals surface area contributed by atoms with Gasteiger partial charge in [0, 0.05) is 4.47 Å². The number of esters is 1. The number of nitrogens with one attached hydrogen (secondary N) is 1. The predicted octanol–water partition coefficient (Wildman–Crippen LogP) is 4.76. The molecule has 0 unspecified atom stereocenters. The van der Waals surface area contributed by atoms with Gasteiger partial charge in [-0.2, -0.15) is 4.72 Å². The molecule has 0 saturated carbocycles. The molecule has 2 rings (SSSR count). The first-order valence-electron chi connectivity index (χ1n) is 9.00. The van der Waals surface area contributed by atoms with Crippen molar-refractivity contribution in [1.29, 1.82) is 0 Å². The highest BCUT2D eigenvalue weighted by Crippen LogP contribution is 2.24. The number of rotatable bonds is 6. The first-order valence-corrected chi connectivity index (χ1v) is 11.3. The number of halogens is 1. The number of sulfonamides is 1. The highest BCUT2D eigenvalue weighted by atomic mass is 79.9. The van der Waals surface area contributed by atoms with Crippen molar-refractivity contribution in [2.75, 3.05) is 0 Å². The molecule has 5 nitrogen and oxygen atoms in total. The van der Waals surface area contributed by atoms with Crippen LogP contribution in [0.2, 0.25) is 0 Å². The lowest BCUT2D eigenvalue weighted by Crippen LogP contribution is -2.47. The Kier molecular flexibility index (Phi) is 7.07. The van der Waals surface area contributed by atoms with Gasteiger partial charge in [-0.25, -0.2) is 8.42 Å². The molecule has 0 radical (unpaired) electrons. The molecular formula is C21H26BrNO4S. The second-order valence-electron chi connectivity index (χ2n) is 7.91. The normalized spacial score (nSPS) is 13.4. The third kappa shape index (κ3) is 6.15. The molecule has 0 saturated heterocycles. The van der Waals surface area contributed by atoms with Gasteiger partial charge in [0.25, 0.3) is 0 Å². The Morgan fingerprint density at radius 3 is 1.86 bits per heavy atom. The van der Waals surface area contributed by atoms with E-state index in [1.165, 1.54) is 12.1 Å². The van der Waals surface area contributed by atoms with E-state index in [-0.39, 0.29) is 10.8 Å². The summed E-state index contributed by atoms with van der Waals surface area (Å²) in [4.78, 5) is 12.5. The van der Waals surface area contributed by atoms with Crippen LogP contribution in [0.25, 0.3) is 11.1 Å². The van der Waals surface area contributed by atoms with Gasteiger partial charge >= 0.3 is 5.97 Å². The largest absolute Gasteiger partial charge is 0.459 e. The number of benzene rings is 2. The van der Waals surface area contributed by atoms with E-state index in [0.717, 1.165) is 15.6 Å². The fraction of sp³-hybridized carbons (Fsp3) is 0.381. The summed E-state index contributed by atoms with van der Waals surface area (Å²) in [5.74, 6) is -0.843. The molecule has 0 aliphatic rings. The summed E-state index contributed by atoms with van der Waals surface area (Å²) in [6.45, 7) is 8.79. The van der Waals surface area contributed by atoms with Crippen LogP contribution < -0.4 is 4.72 Å². The van der Waals surface area contributed by atoms with E-state index < -0.39 is 27.6 Å². The molecule has 28 heavy (non-hydrogen) atoms. The summed E-state index contributed by atoms with van der Waals surface area (Å²) in [5, 5.41) is 0. The molecule has 0 aliphatic carbocycles. The Balaban J connectivity index is 2.22. The number of ether oxygens (including phenoxy) is 1. The maximum absolute atomic E-state index is 12.8. The summed E-state index contributed by atoms with van der Waals surface area (Å²) in [6, 6.07) is 13.3. The first-order chi connectivity index (χ1) is 12.9. The molecule has 0 amide bonds. The predicted molar refractivity (Wildman–Crippen MR) is 114 cm³/mol. The van der Waals surface area contributed by atoms with Crippen LogP contribution in [0.15, 0.2) is 57.9 Å². The zero-order valence-corrected chi connectivity index (χ0v) is 19.1. The van der Waals surface area contributed by atoms with Crippen molar-refractivity contribution in [3.8, 4) is 11.1 Å². The van der Waals surface area contributed by atoms with Crippen molar-refractivity contribution in [1.82, 2.24) is 4.72 Å². The summed E-state index contributed by atoms with van der Waals surface area (Å²) >= 11 is 3.39. The zero-order chi connectivity index (χ0) is 21.1. The third-order valence-electron chi connectivity index (χ3n) is 3.95. The minimum atomic E-state index is -3.87. The standard InChI is InChI=1S/C21H26BrNO4S/c1-14(2)19(20(24)27-21(3,4)5)23-28(25,26)18-12-8-16(9-13-18)15-6-10-17(22)11-7-15/h6-14,19,23H,1-5H3/t19-/m1/s1. The van der Waals surface area contributed by atoms with E-state index in [9.17, 15) is 13.2 Å². The van der Waals surface area contributed by atoms with Gasteiger partial charge in [-0.15, -0.1) is 0 Å². The summed E-state index contributed by atoms with van der Waals surface area (Å²) in [7, 11) is -3.87. The topological polar surface area (TPSA) is 72.5 Å². The fourth-order valence-electron chi connectivity index (χ4n) is 2.53. The molecular weight excluding hydrogens is 442 g/mol. The Labute approximate surface area is 175 Å². The van der Waals surface area contributed by atoms with Crippen LogP contribution in [-0.2, 0) is 19.6 Å². The molecule has 0 heterocycles. The van der Waals surface area contributed by atoms with E-state index in [4.69, 9.17) is 4.74 Å². The van der Waals surface area contributed by atoms with E-state index >= 15 is 0 Å². The summed E-state index contributed by atoms with van der Waals surface area (Å²) < 4.78 is 34.4. The first kappa shape index (κ1) is 22.6. The van der Waals surface area contributed by atoms with Crippen LogP contribution in [0.4, 0.5) is 0 Å². The van der Waals surface area contributed by atoms with E-state index in [1.54, 1.807) is 46.8 Å². The van der Waals surface area contributed by atoms with Gasteiger partial charge < -0.3 is 4.74 Å². The van der Waals surface area contributed by atoms with E-state index in [2.05, 4.69) is 20.7 Å². The molecule has 1 atom stereocenters. The Morgan fingerprint density at radius 1 is 0.964 bits per heavy atom. The van der Waals surface area contributed by atoms with E-state index in [1.807, 2.05) is 24.3 Å². The minimum Gasteiger partial charge on any atom is -0.459 e. The number of carbonyl (C=O) groups is 1. The molecule has 1 N–H and O–H groups in total. The van der Waals surface area contributed by atoms with Crippen molar-refractivity contribution in [2.24, 2.45) is 5.92 Å². The Morgan fingerprint density at radius 2 is 1.43 bits per heavy atom. The quantitative estimate of drug-likeness (QED) is 0.621. The number of hydrogen-bond donors (Lipinski definition) is 1. The lowest BCUT2D eigenvalue weighted by atomic mass is 10.1. The zero-order valence-electron chi connectivity index (χ0n) is 16.7. The molecule has 2 aromatic rings. The lowest BCUT2D eigenvalue weighted by molar-refractivity contribution is -0.158. The van der Waals surface area contributed by atoms with Crippen LogP contribution in [0.1, 0.15) is 34.6 Å². The SMILES string of the molecule is CC(C)[C@@H](NS(=O)(=O)c1ccc(-c2ccc(Br)cc2)cc1)C(=O)OC(C)(C)C. The molecule has 0 fully saturated rings. The molecule has 152 valence electrons. The van der Waals surface area contributed by atoms with Gasteiger partial charge in [-0.1, -0.05) is 54.0 Å². The van der Waals surface area contributed by atoms with Crippen molar-refractivity contribution in [3.05, 3.63) is 53.0 Å². The molecule has 0 aliphatic heterocycles. The highest BCUT2D eigenvalue weighted by Gasteiger charge is 2.32. The van der Waals surface area contributed by atoms with Crippen molar-refractivity contribution in [3.63, 3.8) is 0 Å². The maximum atomic E-state index is 12.8. The van der Waals surface area contributed by atoms with Crippen molar-refractivity contribution in [2.45, 2.75) is 51.2 Å². The monoisotopic (exact) mass is 467 g/mol. The number of hydrogen-bond acceptors (Lipinski definition) is 4. The smallest absolute Gasteiger partial charge is 0.324 e. The van der Waals surface area contributed by atoms with Gasteiger partial charge in [-0.3, -0.25) is 4.79 Å². The summed E-state index contributed by atoms with van der Waals surface area (Å²) in [6.07, 6.45) is 0. The Bertz CT molecular complexity index is 914. The van der Waals surface area contributed by atoms with Gasteiger partial charge in [0.2, 0.25) is 10.0 Å². The van der Waals surface area contributed by atoms with E-state index in [0.29, 0.717) is 0 Å². The average Bonchev–Trinajstić information content (AvgIpc) is 2.59. The van der Waals surface area contributed by atoms with Gasteiger partial charge in [0.05, 0.1) is 4.90 Å². The van der Waals surface area contributed by atoms with Crippen molar-refractivity contribution >= 4 is 31.9 Å². The molecule has 0 bridgehead atoms. The molecule has 7 heteroatoms. The fourth-order valence-corrected chi connectivity index (χ4v) is 4.12. The second kappa shape index (κ2) is 8.76. The van der Waals surface area contributed by atoms with Crippen LogP contribution in [0, 0.1) is 5.92 Å². The molecule has 0 aromatic heterocycles. The minimum absolute atomic E-state index is 0.0996. The van der Waals surface area contributed by atoms with Crippen LogP contribution in [0.3, 0.4) is 0 Å². The average molecular weight is 468 g/mol. The highest BCUT2D eigenvalue weighted by molar-refractivity contribution is 9.10. The third-order valence-corrected chi connectivity index (χ3v) is 5.94. The van der Waals surface area contributed by atoms with Crippen LogP contribution in [0.5, 0.6) is 0 Å².